The summed E-state index contributed by atoms with van der Waals surface area (Å²) in [6.07, 6.45) is 7.13. The molecule has 0 aliphatic rings. The third-order valence-corrected chi connectivity index (χ3v) is 3.67. The monoisotopic (exact) mass is 263 g/mol. The van der Waals surface area contributed by atoms with Gasteiger partial charge < -0.3 is 20.1 Å². The first-order valence-corrected chi connectivity index (χ1v) is 6.58. The van der Waals surface area contributed by atoms with Crippen molar-refractivity contribution in [2.24, 2.45) is 0 Å². The number of fused-ring (bicyclic) bond motifs is 1. The summed E-state index contributed by atoms with van der Waals surface area (Å²) in [6, 6.07) is 0. The molecule has 104 valence electrons. The highest BCUT2D eigenvalue weighted by Gasteiger charge is 2.26. The van der Waals surface area contributed by atoms with E-state index in [0.717, 1.165) is 24.3 Å². The molecule has 0 saturated heterocycles. The van der Waals surface area contributed by atoms with Gasteiger partial charge in [-0.3, -0.25) is 0 Å². The highest BCUT2D eigenvalue weighted by atomic mass is 16.3. The highest BCUT2D eigenvalue weighted by molar-refractivity contribution is 5.66. The maximum absolute atomic E-state index is 9.65. The van der Waals surface area contributed by atoms with Crippen molar-refractivity contribution in [2.75, 3.05) is 24.3 Å². The summed E-state index contributed by atoms with van der Waals surface area (Å²) >= 11 is 0. The topological polar surface area (TPSA) is 74.5 Å². The Kier molecular flexibility index (Phi) is 3.90. The molecule has 0 radical (unpaired) electrons. The molecule has 3 N–H and O–H groups in total. The van der Waals surface area contributed by atoms with Crippen LogP contribution >= 0.6 is 0 Å². The van der Waals surface area contributed by atoms with Crippen LogP contribution < -0.4 is 10.6 Å². The summed E-state index contributed by atoms with van der Waals surface area (Å²) < 4.78 is 1.91. The van der Waals surface area contributed by atoms with Crippen molar-refractivity contribution in [3.63, 3.8) is 0 Å². The second-order valence-corrected chi connectivity index (χ2v) is 4.65. The van der Waals surface area contributed by atoms with Gasteiger partial charge in [-0.2, -0.15) is 0 Å². The summed E-state index contributed by atoms with van der Waals surface area (Å²) in [5, 5.41) is 16.0. The van der Waals surface area contributed by atoms with E-state index < -0.39 is 0 Å². The average molecular weight is 263 g/mol. The maximum Gasteiger partial charge on any atom is 0.180 e. The summed E-state index contributed by atoms with van der Waals surface area (Å²) in [7, 11) is 1.83. The number of anilines is 2. The fraction of sp³-hybridized carbons (Fsp3) is 0.538. The van der Waals surface area contributed by atoms with Crippen molar-refractivity contribution in [3.05, 3.63) is 18.6 Å². The molecule has 0 fully saturated rings. The van der Waals surface area contributed by atoms with Gasteiger partial charge in [-0.1, -0.05) is 13.8 Å². The molecular formula is C13H21N5O. The molecule has 0 aromatic carbocycles. The number of nitrogens with zero attached hydrogens (tertiary/aromatic N) is 3. The molecule has 6 nitrogen and oxygen atoms in total. The number of imidazole rings is 1. The first-order valence-electron chi connectivity index (χ1n) is 6.58. The van der Waals surface area contributed by atoms with Crippen LogP contribution in [0, 0.1) is 0 Å². The SMILES string of the molecule is CCC(CC)(CO)Nc1nc(NC)cn2ccnc12. The van der Waals surface area contributed by atoms with Crippen molar-refractivity contribution >= 4 is 17.3 Å². The van der Waals surface area contributed by atoms with Crippen molar-refractivity contribution in [1.29, 1.82) is 0 Å². The molecule has 2 aromatic rings. The van der Waals surface area contributed by atoms with Crippen molar-refractivity contribution < 1.29 is 5.11 Å². The lowest BCUT2D eigenvalue weighted by Crippen LogP contribution is -2.41. The number of aliphatic hydroxyl groups is 1. The molecule has 0 aliphatic heterocycles. The molecule has 0 saturated carbocycles. The van der Waals surface area contributed by atoms with E-state index in [0.29, 0.717) is 5.82 Å². The smallest absolute Gasteiger partial charge is 0.180 e. The van der Waals surface area contributed by atoms with E-state index in [1.165, 1.54) is 0 Å². The highest BCUT2D eigenvalue weighted by Crippen LogP contribution is 2.24. The van der Waals surface area contributed by atoms with E-state index in [4.69, 9.17) is 0 Å². The molecule has 6 heteroatoms. The molecule has 2 rings (SSSR count). The van der Waals surface area contributed by atoms with E-state index in [2.05, 4.69) is 34.4 Å². The normalized spacial score (nSPS) is 11.8. The minimum absolute atomic E-state index is 0.0678. The fourth-order valence-electron chi connectivity index (χ4n) is 2.08. The molecule has 2 heterocycles. The Morgan fingerprint density at radius 3 is 2.68 bits per heavy atom. The van der Waals surface area contributed by atoms with E-state index in [1.54, 1.807) is 6.20 Å². The van der Waals surface area contributed by atoms with Gasteiger partial charge in [0.05, 0.1) is 18.3 Å². The fourth-order valence-corrected chi connectivity index (χ4v) is 2.08. The van der Waals surface area contributed by atoms with Gasteiger partial charge >= 0.3 is 0 Å². The van der Waals surface area contributed by atoms with Crippen LogP contribution in [-0.4, -0.2) is 38.7 Å². The minimum atomic E-state index is -0.355. The summed E-state index contributed by atoms with van der Waals surface area (Å²) in [5.74, 6) is 1.45. The lowest BCUT2D eigenvalue weighted by molar-refractivity contribution is 0.202. The van der Waals surface area contributed by atoms with E-state index in [-0.39, 0.29) is 12.1 Å². The lowest BCUT2D eigenvalue weighted by Gasteiger charge is -2.31. The third kappa shape index (κ3) is 2.49. The second kappa shape index (κ2) is 5.44. The minimum Gasteiger partial charge on any atom is -0.394 e. The Morgan fingerprint density at radius 2 is 2.11 bits per heavy atom. The van der Waals surface area contributed by atoms with Crippen molar-refractivity contribution in [1.82, 2.24) is 14.4 Å². The molecule has 19 heavy (non-hydrogen) atoms. The number of aliphatic hydroxyl groups excluding tert-OH is 1. The zero-order valence-electron chi connectivity index (χ0n) is 11.6. The van der Waals surface area contributed by atoms with Crippen molar-refractivity contribution in [2.45, 2.75) is 32.2 Å². The molecule has 0 bridgehead atoms. The maximum atomic E-state index is 9.65. The molecule has 0 spiro atoms. The molecule has 0 aliphatic carbocycles. The number of nitrogens with one attached hydrogen (secondary N) is 2. The van der Waals surface area contributed by atoms with Crippen LogP contribution in [0.15, 0.2) is 18.6 Å². The van der Waals surface area contributed by atoms with Crippen LogP contribution in [0.25, 0.3) is 5.65 Å². The molecule has 2 aromatic heterocycles. The zero-order chi connectivity index (χ0) is 13.9. The summed E-state index contributed by atoms with van der Waals surface area (Å²) in [6.45, 7) is 4.17. The lowest BCUT2D eigenvalue weighted by atomic mass is 9.94. The summed E-state index contributed by atoms with van der Waals surface area (Å²) in [4.78, 5) is 8.81. The van der Waals surface area contributed by atoms with Gasteiger partial charge in [-0.25, -0.2) is 9.97 Å². The molecule has 0 unspecified atom stereocenters. The predicted octanol–water partition coefficient (Wildman–Crippen LogP) is 1.73. The third-order valence-electron chi connectivity index (χ3n) is 3.67. The Balaban J connectivity index is 2.46. The van der Waals surface area contributed by atoms with Gasteiger partial charge in [0.25, 0.3) is 0 Å². The number of hydrogen-bond acceptors (Lipinski definition) is 5. The van der Waals surface area contributed by atoms with Gasteiger partial charge in [0, 0.05) is 19.4 Å². The zero-order valence-corrected chi connectivity index (χ0v) is 11.6. The van der Waals surface area contributed by atoms with Crippen LogP contribution in [0.5, 0.6) is 0 Å². The second-order valence-electron chi connectivity index (χ2n) is 4.65. The van der Waals surface area contributed by atoms with E-state index in [9.17, 15) is 5.11 Å². The Labute approximate surface area is 112 Å². The van der Waals surface area contributed by atoms with Crippen LogP contribution in [0.1, 0.15) is 26.7 Å². The van der Waals surface area contributed by atoms with Gasteiger partial charge in [-0.05, 0) is 12.8 Å². The van der Waals surface area contributed by atoms with Gasteiger partial charge in [-0.15, -0.1) is 0 Å². The standard InChI is InChI=1S/C13H21N5O/c1-4-13(5-2,9-19)17-11-12-15-6-7-18(12)8-10(14-3)16-11/h6-8,14,19H,4-5,9H2,1-3H3,(H,16,17). The largest absolute Gasteiger partial charge is 0.394 e. The number of aromatic nitrogens is 3. The first-order chi connectivity index (χ1) is 9.18. The predicted molar refractivity (Wildman–Crippen MR) is 76.6 cm³/mol. The summed E-state index contributed by atoms with van der Waals surface area (Å²) in [5.41, 5.74) is 0.407. The van der Waals surface area contributed by atoms with Gasteiger partial charge in [0.2, 0.25) is 0 Å². The van der Waals surface area contributed by atoms with Gasteiger partial charge in [0.15, 0.2) is 11.5 Å². The molecule has 0 amide bonds. The Bertz CT molecular complexity index is 539. The van der Waals surface area contributed by atoms with Crippen LogP contribution in [0.4, 0.5) is 11.6 Å². The van der Waals surface area contributed by atoms with Crippen LogP contribution in [0.3, 0.4) is 0 Å². The number of hydrogen-bond donors (Lipinski definition) is 3. The van der Waals surface area contributed by atoms with Gasteiger partial charge in [0.1, 0.15) is 5.82 Å². The average Bonchev–Trinajstić information content (AvgIpc) is 2.93. The van der Waals surface area contributed by atoms with E-state index in [1.807, 2.05) is 23.8 Å². The Morgan fingerprint density at radius 1 is 1.37 bits per heavy atom. The van der Waals surface area contributed by atoms with Crippen LogP contribution in [-0.2, 0) is 0 Å². The quantitative estimate of drug-likeness (QED) is 0.740. The van der Waals surface area contributed by atoms with Crippen molar-refractivity contribution in [3.8, 4) is 0 Å². The first kappa shape index (κ1) is 13.6. The van der Waals surface area contributed by atoms with Crippen LogP contribution in [0.2, 0.25) is 0 Å². The van der Waals surface area contributed by atoms with E-state index >= 15 is 0 Å². The molecular weight excluding hydrogens is 242 g/mol. The Hall–Kier alpha value is -1.82. The number of rotatable bonds is 6. The molecule has 0 atom stereocenters.